The lowest BCUT2D eigenvalue weighted by Crippen LogP contribution is -3.15. The summed E-state index contributed by atoms with van der Waals surface area (Å²) in [6.45, 7) is 7.47. The van der Waals surface area contributed by atoms with Crippen molar-refractivity contribution in [3.8, 4) is 5.69 Å². The summed E-state index contributed by atoms with van der Waals surface area (Å²) in [5, 5.41) is 8.41. The van der Waals surface area contributed by atoms with Crippen molar-refractivity contribution in [1.82, 2.24) is 19.8 Å². The summed E-state index contributed by atoms with van der Waals surface area (Å²) in [4.78, 5) is 1.17. The van der Waals surface area contributed by atoms with Crippen LogP contribution in [-0.4, -0.2) is 52.3 Å². The van der Waals surface area contributed by atoms with Crippen LogP contribution in [0.4, 0.5) is 0 Å². The lowest BCUT2D eigenvalue weighted by atomic mass is 10.1. The minimum absolute atomic E-state index is 0.100. The highest BCUT2D eigenvalue weighted by molar-refractivity contribution is 7.91. The van der Waals surface area contributed by atoms with Gasteiger partial charge in [-0.1, -0.05) is 6.07 Å². The number of nitrogens with one attached hydrogen (secondary N) is 1. The Labute approximate surface area is 153 Å². The molecule has 0 bridgehead atoms. The molecule has 0 spiro atoms. The van der Waals surface area contributed by atoms with Crippen molar-refractivity contribution in [2.75, 3.05) is 18.1 Å². The molecule has 1 saturated heterocycles. The van der Waals surface area contributed by atoms with Gasteiger partial charge in [-0.2, -0.15) is 9.36 Å². The second-order valence-corrected chi connectivity index (χ2v) is 9.38. The molecule has 1 aromatic heterocycles. The van der Waals surface area contributed by atoms with Crippen LogP contribution >= 0.6 is 12.2 Å². The minimum Gasteiger partial charge on any atom is -0.313 e. The summed E-state index contributed by atoms with van der Waals surface area (Å²) < 4.78 is 27.4. The van der Waals surface area contributed by atoms with E-state index in [1.165, 1.54) is 4.90 Å². The number of aromatic nitrogens is 4. The fourth-order valence-electron chi connectivity index (χ4n) is 3.45. The Bertz CT molecular complexity index is 912. The monoisotopic (exact) mass is 382 g/mol. The van der Waals surface area contributed by atoms with E-state index < -0.39 is 9.84 Å². The first-order valence-corrected chi connectivity index (χ1v) is 10.7. The first-order chi connectivity index (χ1) is 11.8. The Balaban J connectivity index is 1.84. The highest BCUT2D eigenvalue weighted by Gasteiger charge is 2.35. The van der Waals surface area contributed by atoms with Gasteiger partial charge < -0.3 is 4.90 Å². The van der Waals surface area contributed by atoms with E-state index in [2.05, 4.69) is 23.4 Å². The topological polar surface area (TPSA) is 74.2 Å². The zero-order chi connectivity index (χ0) is 18.2. The number of tetrazole rings is 1. The van der Waals surface area contributed by atoms with Crippen LogP contribution in [0.25, 0.3) is 5.69 Å². The third kappa shape index (κ3) is 3.99. The maximum Gasteiger partial charge on any atom is 0.225 e. The molecule has 136 valence electrons. The molecule has 25 heavy (non-hydrogen) atoms. The SMILES string of the molecule is CC[NH+](Cn1nnn(-c2cc(C)cc(C)c2)c1=S)[C@H]1CCS(=O)(=O)C1. The maximum atomic E-state index is 11.8. The quantitative estimate of drug-likeness (QED) is 0.761. The normalized spacial score (nSPS) is 20.7. The molecular weight excluding hydrogens is 358 g/mol. The lowest BCUT2D eigenvalue weighted by molar-refractivity contribution is -0.943. The van der Waals surface area contributed by atoms with Crippen molar-refractivity contribution < 1.29 is 13.3 Å². The van der Waals surface area contributed by atoms with Gasteiger partial charge in [0.05, 0.1) is 18.0 Å². The zero-order valence-corrected chi connectivity index (χ0v) is 16.4. The summed E-state index contributed by atoms with van der Waals surface area (Å²) in [5.74, 6) is 0.524. The van der Waals surface area contributed by atoms with Gasteiger partial charge in [0.25, 0.3) is 0 Å². The molecule has 2 atom stereocenters. The van der Waals surface area contributed by atoms with Crippen molar-refractivity contribution in [2.45, 2.75) is 39.9 Å². The van der Waals surface area contributed by atoms with Crippen molar-refractivity contribution in [3.63, 3.8) is 0 Å². The average molecular weight is 383 g/mol. The molecule has 1 aliphatic rings. The molecular formula is C16H24N5O2S2+. The number of hydrogen-bond acceptors (Lipinski definition) is 5. The Morgan fingerprint density at radius 2 is 1.92 bits per heavy atom. The lowest BCUT2D eigenvalue weighted by Gasteiger charge is -2.22. The molecule has 3 rings (SSSR count). The smallest absolute Gasteiger partial charge is 0.225 e. The van der Waals surface area contributed by atoms with Crippen LogP contribution in [0.3, 0.4) is 0 Å². The van der Waals surface area contributed by atoms with E-state index in [0.717, 1.165) is 23.4 Å². The van der Waals surface area contributed by atoms with Crippen molar-refractivity contribution >= 4 is 22.1 Å². The molecule has 0 aliphatic carbocycles. The third-order valence-corrected chi connectivity index (χ3v) is 6.86. The molecule has 0 saturated carbocycles. The van der Waals surface area contributed by atoms with E-state index in [-0.39, 0.29) is 17.5 Å². The molecule has 0 radical (unpaired) electrons. The summed E-state index contributed by atoms with van der Waals surface area (Å²) in [6.07, 6.45) is 0.698. The summed E-state index contributed by atoms with van der Waals surface area (Å²) >= 11 is 5.55. The van der Waals surface area contributed by atoms with Crippen LogP contribution in [0.5, 0.6) is 0 Å². The second kappa shape index (κ2) is 6.97. The van der Waals surface area contributed by atoms with Crippen LogP contribution < -0.4 is 4.90 Å². The van der Waals surface area contributed by atoms with Crippen molar-refractivity contribution in [3.05, 3.63) is 34.1 Å². The first-order valence-electron chi connectivity index (χ1n) is 8.45. The van der Waals surface area contributed by atoms with Gasteiger partial charge in [-0.15, -0.1) is 0 Å². The average Bonchev–Trinajstić information content (AvgIpc) is 3.06. The summed E-state index contributed by atoms with van der Waals surface area (Å²) in [5.41, 5.74) is 3.18. The number of rotatable bonds is 5. The highest BCUT2D eigenvalue weighted by Crippen LogP contribution is 2.13. The second-order valence-electron chi connectivity index (χ2n) is 6.79. The molecule has 2 aromatic rings. The largest absolute Gasteiger partial charge is 0.313 e. The molecule has 1 aliphatic heterocycles. The van der Waals surface area contributed by atoms with E-state index >= 15 is 0 Å². The summed E-state index contributed by atoms with van der Waals surface area (Å²) in [6, 6.07) is 6.25. The van der Waals surface area contributed by atoms with Crippen molar-refractivity contribution in [2.24, 2.45) is 0 Å². The third-order valence-electron chi connectivity index (χ3n) is 4.71. The zero-order valence-electron chi connectivity index (χ0n) is 14.8. The van der Waals surface area contributed by atoms with E-state index in [9.17, 15) is 8.42 Å². The molecule has 7 nitrogen and oxygen atoms in total. The predicted molar refractivity (Wildman–Crippen MR) is 98.2 cm³/mol. The molecule has 9 heteroatoms. The molecule has 1 fully saturated rings. The van der Waals surface area contributed by atoms with Crippen LogP contribution in [0, 0.1) is 18.6 Å². The first kappa shape index (κ1) is 18.2. The fourth-order valence-corrected chi connectivity index (χ4v) is 5.52. The van der Waals surface area contributed by atoms with E-state index in [1.807, 2.05) is 26.0 Å². The molecule has 1 aromatic carbocycles. The standard InChI is InChI=1S/C16H23N5O2S2/c1-4-19(14-5-6-25(22,23)10-14)11-20-16(24)21(18-17-20)15-8-12(2)7-13(3)9-15/h7-9,14H,4-6,10-11H2,1-3H3/p+1/t14-/m0/s1. The van der Waals surface area contributed by atoms with Gasteiger partial charge in [0, 0.05) is 6.42 Å². The highest BCUT2D eigenvalue weighted by atomic mass is 32.2. The Morgan fingerprint density at radius 3 is 2.48 bits per heavy atom. The number of quaternary nitrogens is 1. The predicted octanol–water partition coefficient (Wildman–Crippen LogP) is 0.465. The number of sulfone groups is 1. The van der Waals surface area contributed by atoms with Crippen LogP contribution in [0.1, 0.15) is 24.5 Å². The van der Waals surface area contributed by atoms with Gasteiger partial charge in [0.15, 0.2) is 16.5 Å². The number of hydrogen-bond donors (Lipinski definition) is 1. The van der Waals surface area contributed by atoms with Crippen molar-refractivity contribution in [1.29, 1.82) is 0 Å². The van der Waals surface area contributed by atoms with E-state index in [0.29, 0.717) is 17.9 Å². The fraction of sp³-hybridized carbons (Fsp3) is 0.562. The van der Waals surface area contributed by atoms with Gasteiger partial charge in [0.2, 0.25) is 4.77 Å². The van der Waals surface area contributed by atoms with Gasteiger partial charge in [-0.3, -0.25) is 0 Å². The van der Waals surface area contributed by atoms with E-state index in [4.69, 9.17) is 12.2 Å². The van der Waals surface area contributed by atoms with Gasteiger partial charge in [-0.05, 0) is 66.7 Å². The molecule has 1 unspecified atom stereocenters. The van der Waals surface area contributed by atoms with Crippen LogP contribution in [0.2, 0.25) is 0 Å². The number of benzene rings is 1. The maximum absolute atomic E-state index is 11.8. The van der Waals surface area contributed by atoms with E-state index in [1.54, 1.807) is 9.36 Å². The Morgan fingerprint density at radius 1 is 1.24 bits per heavy atom. The number of aryl methyl sites for hydroxylation is 2. The summed E-state index contributed by atoms with van der Waals surface area (Å²) in [7, 11) is -2.90. The Kier molecular flexibility index (Phi) is 5.08. The van der Waals surface area contributed by atoms with Gasteiger partial charge in [0.1, 0.15) is 11.8 Å². The van der Waals surface area contributed by atoms with Gasteiger partial charge >= 0.3 is 0 Å². The van der Waals surface area contributed by atoms with Crippen LogP contribution in [0.15, 0.2) is 18.2 Å². The van der Waals surface area contributed by atoms with Gasteiger partial charge in [-0.25, -0.2) is 8.42 Å². The molecule has 0 amide bonds. The Hall–Kier alpha value is -1.58. The minimum atomic E-state index is -2.90. The molecule has 1 N–H and O–H groups in total. The molecule has 2 heterocycles. The van der Waals surface area contributed by atoms with Crippen LogP contribution in [-0.2, 0) is 16.5 Å². The number of nitrogens with zero attached hydrogens (tertiary/aromatic N) is 4.